The lowest BCUT2D eigenvalue weighted by atomic mass is 10.2. The highest BCUT2D eigenvalue weighted by molar-refractivity contribution is 14.0. The molecule has 1 fully saturated rings. The molecule has 1 unspecified atom stereocenters. The fourth-order valence-corrected chi connectivity index (χ4v) is 2.87. The normalized spacial score (nSPS) is 16.2. The Hall–Kier alpha value is -1.10. The van der Waals surface area contributed by atoms with Crippen molar-refractivity contribution >= 4 is 29.9 Å². The first kappa shape index (κ1) is 24.9. The van der Waals surface area contributed by atoms with Crippen LogP contribution in [-0.2, 0) is 16.0 Å². The SMILES string of the molecule is CCNC(=NCc1cccc(OCCN2CCOCC2)c1)NC(C)COC.I. The van der Waals surface area contributed by atoms with E-state index < -0.39 is 0 Å². The molecule has 0 saturated carbocycles. The topological polar surface area (TPSA) is 67.4 Å². The number of ether oxygens (including phenoxy) is 3. The largest absolute Gasteiger partial charge is 0.492 e. The van der Waals surface area contributed by atoms with Gasteiger partial charge in [-0.05, 0) is 31.5 Å². The lowest BCUT2D eigenvalue weighted by Gasteiger charge is -2.26. The maximum absolute atomic E-state index is 5.92. The zero-order valence-electron chi connectivity index (χ0n) is 17.3. The molecule has 0 spiro atoms. The third-order valence-corrected chi connectivity index (χ3v) is 4.24. The molecule has 2 N–H and O–H groups in total. The Morgan fingerprint density at radius 3 is 2.82 bits per heavy atom. The molecule has 1 aromatic carbocycles. The van der Waals surface area contributed by atoms with Crippen LogP contribution in [0, 0.1) is 0 Å². The van der Waals surface area contributed by atoms with Crippen LogP contribution < -0.4 is 15.4 Å². The van der Waals surface area contributed by atoms with Crippen LogP contribution in [0.3, 0.4) is 0 Å². The molecule has 0 aliphatic carbocycles. The van der Waals surface area contributed by atoms with Crippen LogP contribution in [0.15, 0.2) is 29.3 Å². The fraction of sp³-hybridized carbons (Fsp3) is 0.650. The van der Waals surface area contributed by atoms with Crippen LogP contribution in [0.1, 0.15) is 19.4 Å². The van der Waals surface area contributed by atoms with Crippen molar-refractivity contribution in [2.45, 2.75) is 26.4 Å². The summed E-state index contributed by atoms with van der Waals surface area (Å²) in [6.45, 7) is 11.4. The molecule has 0 bridgehead atoms. The van der Waals surface area contributed by atoms with Gasteiger partial charge in [-0.3, -0.25) is 4.90 Å². The van der Waals surface area contributed by atoms with Crippen LogP contribution in [0.25, 0.3) is 0 Å². The Kier molecular flexibility index (Phi) is 13.2. The summed E-state index contributed by atoms with van der Waals surface area (Å²) in [6, 6.07) is 8.34. The van der Waals surface area contributed by atoms with Gasteiger partial charge in [-0.15, -0.1) is 24.0 Å². The number of morpholine rings is 1. The van der Waals surface area contributed by atoms with Crippen molar-refractivity contribution < 1.29 is 14.2 Å². The molecule has 28 heavy (non-hydrogen) atoms. The van der Waals surface area contributed by atoms with E-state index in [4.69, 9.17) is 14.2 Å². The number of nitrogens with one attached hydrogen (secondary N) is 2. The molecule has 160 valence electrons. The third kappa shape index (κ3) is 9.90. The van der Waals surface area contributed by atoms with E-state index in [2.05, 4.69) is 46.5 Å². The Bertz CT molecular complexity index is 568. The zero-order chi connectivity index (χ0) is 19.3. The monoisotopic (exact) mass is 506 g/mol. The molecule has 1 aromatic rings. The maximum atomic E-state index is 5.92. The van der Waals surface area contributed by atoms with Gasteiger partial charge >= 0.3 is 0 Å². The van der Waals surface area contributed by atoms with Gasteiger partial charge < -0.3 is 24.8 Å². The van der Waals surface area contributed by atoms with Gasteiger partial charge in [0, 0.05) is 39.3 Å². The van der Waals surface area contributed by atoms with E-state index in [1.165, 1.54) is 0 Å². The number of guanidine groups is 1. The first-order valence-corrected chi connectivity index (χ1v) is 9.77. The van der Waals surface area contributed by atoms with Crippen molar-refractivity contribution in [1.29, 1.82) is 0 Å². The van der Waals surface area contributed by atoms with Crippen molar-refractivity contribution in [3.63, 3.8) is 0 Å². The van der Waals surface area contributed by atoms with Gasteiger partial charge in [0.05, 0.1) is 26.4 Å². The van der Waals surface area contributed by atoms with E-state index in [0.717, 1.165) is 56.7 Å². The van der Waals surface area contributed by atoms with E-state index in [0.29, 0.717) is 19.8 Å². The summed E-state index contributed by atoms with van der Waals surface area (Å²) in [7, 11) is 1.70. The number of halogens is 1. The number of aliphatic imine (C=N–C) groups is 1. The molecule has 1 saturated heterocycles. The predicted molar refractivity (Wildman–Crippen MR) is 124 cm³/mol. The van der Waals surface area contributed by atoms with Crippen molar-refractivity contribution in [1.82, 2.24) is 15.5 Å². The van der Waals surface area contributed by atoms with Crippen molar-refractivity contribution in [3.05, 3.63) is 29.8 Å². The predicted octanol–water partition coefficient (Wildman–Crippen LogP) is 2.11. The standard InChI is InChI=1S/C20H34N4O3.HI/c1-4-21-20(23-17(2)16-25-3)22-15-18-6-5-7-19(14-18)27-13-10-24-8-11-26-12-9-24;/h5-7,14,17H,4,8-13,15-16H2,1-3H3,(H2,21,22,23);1H. The lowest BCUT2D eigenvalue weighted by molar-refractivity contribution is 0.0322. The minimum Gasteiger partial charge on any atom is -0.492 e. The fourth-order valence-electron chi connectivity index (χ4n) is 2.87. The molecule has 0 amide bonds. The van der Waals surface area contributed by atoms with Gasteiger partial charge in [-0.2, -0.15) is 0 Å². The van der Waals surface area contributed by atoms with Crippen LogP contribution in [0.4, 0.5) is 0 Å². The summed E-state index contributed by atoms with van der Waals surface area (Å²) >= 11 is 0. The summed E-state index contributed by atoms with van der Waals surface area (Å²) in [6.07, 6.45) is 0. The molecule has 1 atom stereocenters. The van der Waals surface area contributed by atoms with Crippen LogP contribution >= 0.6 is 24.0 Å². The first-order chi connectivity index (χ1) is 13.2. The number of benzene rings is 1. The van der Waals surface area contributed by atoms with Crippen LogP contribution in [-0.4, -0.2) is 76.6 Å². The highest BCUT2D eigenvalue weighted by atomic mass is 127. The molecular weight excluding hydrogens is 471 g/mol. The van der Waals surface area contributed by atoms with Crippen molar-refractivity contribution in [2.75, 3.05) is 59.7 Å². The number of rotatable bonds is 10. The van der Waals surface area contributed by atoms with Crippen molar-refractivity contribution in [2.24, 2.45) is 4.99 Å². The second-order valence-electron chi connectivity index (χ2n) is 6.65. The van der Waals surface area contributed by atoms with Crippen LogP contribution in [0.5, 0.6) is 5.75 Å². The third-order valence-electron chi connectivity index (χ3n) is 4.24. The molecule has 0 aromatic heterocycles. The molecule has 1 aliphatic rings. The van der Waals surface area contributed by atoms with E-state index in [1.54, 1.807) is 7.11 Å². The molecule has 0 radical (unpaired) electrons. The van der Waals surface area contributed by atoms with Gasteiger partial charge in [0.25, 0.3) is 0 Å². The summed E-state index contributed by atoms with van der Waals surface area (Å²) in [5.41, 5.74) is 1.12. The molecule has 1 heterocycles. The second-order valence-corrected chi connectivity index (χ2v) is 6.65. The summed E-state index contributed by atoms with van der Waals surface area (Å²) in [5.74, 6) is 1.68. The van der Waals surface area contributed by atoms with E-state index in [-0.39, 0.29) is 30.0 Å². The highest BCUT2D eigenvalue weighted by Crippen LogP contribution is 2.14. The average molecular weight is 506 g/mol. The molecular formula is C20H35IN4O3. The Balaban J connectivity index is 0.00000392. The Morgan fingerprint density at radius 2 is 2.11 bits per heavy atom. The maximum Gasteiger partial charge on any atom is 0.191 e. The quantitative estimate of drug-likeness (QED) is 0.288. The minimum absolute atomic E-state index is 0. The minimum atomic E-state index is 0. The number of methoxy groups -OCH3 is 1. The molecule has 2 rings (SSSR count). The number of nitrogens with zero attached hydrogens (tertiary/aromatic N) is 2. The number of hydrogen-bond acceptors (Lipinski definition) is 5. The zero-order valence-corrected chi connectivity index (χ0v) is 19.6. The van der Waals surface area contributed by atoms with Crippen LogP contribution in [0.2, 0.25) is 0 Å². The summed E-state index contributed by atoms with van der Waals surface area (Å²) < 4.78 is 16.5. The Morgan fingerprint density at radius 1 is 1.32 bits per heavy atom. The molecule has 1 aliphatic heterocycles. The summed E-state index contributed by atoms with van der Waals surface area (Å²) in [5, 5.41) is 6.61. The van der Waals surface area contributed by atoms with E-state index in [9.17, 15) is 0 Å². The first-order valence-electron chi connectivity index (χ1n) is 9.77. The number of hydrogen-bond donors (Lipinski definition) is 2. The molecule has 7 nitrogen and oxygen atoms in total. The molecule has 8 heteroatoms. The van der Waals surface area contributed by atoms with E-state index in [1.807, 2.05) is 12.1 Å². The van der Waals surface area contributed by atoms with Gasteiger partial charge in [-0.1, -0.05) is 12.1 Å². The van der Waals surface area contributed by atoms with E-state index >= 15 is 0 Å². The average Bonchev–Trinajstić information content (AvgIpc) is 2.68. The highest BCUT2D eigenvalue weighted by Gasteiger charge is 2.10. The smallest absolute Gasteiger partial charge is 0.191 e. The lowest BCUT2D eigenvalue weighted by Crippen LogP contribution is -2.43. The van der Waals surface area contributed by atoms with Gasteiger partial charge in [-0.25, -0.2) is 4.99 Å². The summed E-state index contributed by atoms with van der Waals surface area (Å²) in [4.78, 5) is 7.03. The Labute approximate surface area is 186 Å². The second kappa shape index (κ2) is 14.8. The van der Waals surface area contributed by atoms with Gasteiger partial charge in [0.15, 0.2) is 5.96 Å². The van der Waals surface area contributed by atoms with Gasteiger partial charge in [0.1, 0.15) is 12.4 Å². The van der Waals surface area contributed by atoms with Crippen molar-refractivity contribution in [3.8, 4) is 5.75 Å². The van der Waals surface area contributed by atoms with Gasteiger partial charge in [0.2, 0.25) is 0 Å².